The summed E-state index contributed by atoms with van der Waals surface area (Å²) < 4.78 is 11.7. The number of carbonyl (C=O) groups is 1. The first-order chi connectivity index (χ1) is 12.1. The Kier molecular flexibility index (Phi) is 5.40. The molecule has 0 fully saturated rings. The van der Waals surface area contributed by atoms with Gasteiger partial charge in [-0.3, -0.25) is 0 Å². The number of fused-ring (bicyclic) bond motifs is 1. The Balaban J connectivity index is 1.51. The molecule has 1 aliphatic rings. The van der Waals surface area contributed by atoms with Crippen molar-refractivity contribution >= 4 is 6.09 Å². The molecule has 1 amide bonds. The normalized spacial score (nSPS) is 16.6. The molecule has 0 spiro atoms. The number of hydrogen-bond acceptors (Lipinski definition) is 4. The average molecular weight is 343 g/mol. The zero-order chi connectivity index (χ0) is 17.6. The van der Waals surface area contributed by atoms with Crippen LogP contribution in [0.3, 0.4) is 0 Å². The predicted molar refractivity (Wildman–Crippen MR) is 92.1 cm³/mol. The summed E-state index contributed by atoms with van der Waals surface area (Å²) in [5.41, 5.74) is 1.88. The van der Waals surface area contributed by atoms with Crippen LogP contribution >= 0.6 is 0 Å². The molecular weight excluding hydrogens is 322 g/mol. The summed E-state index contributed by atoms with van der Waals surface area (Å²) in [6, 6.07) is 15.2. The summed E-state index contributed by atoms with van der Waals surface area (Å²) in [6.07, 6.45) is -0.745. The van der Waals surface area contributed by atoms with E-state index >= 15 is 0 Å². The first kappa shape index (κ1) is 17.1. The minimum absolute atomic E-state index is 0.0225. The maximum atomic E-state index is 10.4. The third kappa shape index (κ3) is 4.64. The van der Waals surface area contributed by atoms with Crippen LogP contribution < -0.4 is 14.8 Å². The minimum atomic E-state index is -1.10. The maximum absolute atomic E-state index is 10.4. The van der Waals surface area contributed by atoms with Gasteiger partial charge in [-0.1, -0.05) is 30.3 Å². The molecule has 0 aromatic heterocycles. The highest BCUT2D eigenvalue weighted by Crippen LogP contribution is 2.29. The van der Waals surface area contributed by atoms with E-state index in [1.54, 1.807) is 12.1 Å². The zero-order valence-corrected chi connectivity index (χ0v) is 13.7. The smallest absolute Gasteiger partial charge is 0.404 e. The van der Waals surface area contributed by atoms with Crippen LogP contribution in [0.1, 0.15) is 23.7 Å². The molecule has 0 bridgehead atoms. The zero-order valence-electron chi connectivity index (χ0n) is 13.7. The quantitative estimate of drug-likeness (QED) is 0.719. The van der Waals surface area contributed by atoms with Crippen LogP contribution in [0.5, 0.6) is 11.5 Å². The number of para-hydroxylation sites is 1. The third-order valence-electron chi connectivity index (χ3n) is 4.09. The van der Waals surface area contributed by atoms with Gasteiger partial charge in [-0.05, 0) is 35.7 Å². The minimum Gasteiger partial charge on any atom is -0.490 e. The second kappa shape index (κ2) is 7.90. The molecule has 2 atom stereocenters. The molecule has 3 rings (SSSR count). The van der Waals surface area contributed by atoms with E-state index in [9.17, 15) is 9.90 Å². The van der Waals surface area contributed by atoms with Gasteiger partial charge in [-0.25, -0.2) is 4.79 Å². The number of nitrogens with one attached hydrogen (secondary N) is 1. The van der Waals surface area contributed by atoms with Gasteiger partial charge in [0.2, 0.25) is 0 Å². The Bertz CT molecular complexity index is 708. The molecule has 0 saturated carbocycles. The summed E-state index contributed by atoms with van der Waals surface area (Å²) in [5, 5.41) is 20.9. The van der Waals surface area contributed by atoms with E-state index in [1.807, 2.05) is 30.3 Å². The van der Waals surface area contributed by atoms with Gasteiger partial charge in [0.25, 0.3) is 0 Å². The Morgan fingerprint density at radius 3 is 2.92 bits per heavy atom. The third-order valence-corrected chi connectivity index (χ3v) is 4.09. The van der Waals surface area contributed by atoms with Crippen molar-refractivity contribution in [2.45, 2.75) is 25.0 Å². The lowest BCUT2D eigenvalue weighted by atomic mass is 10.1. The second-order valence-electron chi connectivity index (χ2n) is 5.97. The van der Waals surface area contributed by atoms with Crippen LogP contribution in [-0.4, -0.2) is 35.6 Å². The van der Waals surface area contributed by atoms with Crippen molar-refractivity contribution < 1.29 is 24.5 Å². The number of hydrogen-bond donors (Lipinski definition) is 3. The predicted octanol–water partition coefficient (Wildman–Crippen LogP) is 2.76. The Morgan fingerprint density at radius 1 is 1.28 bits per heavy atom. The van der Waals surface area contributed by atoms with Gasteiger partial charge in [-0.15, -0.1) is 0 Å². The number of carboxylic acid groups (broad SMARTS) is 1. The van der Waals surface area contributed by atoms with Crippen LogP contribution in [0.4, 0.5) is 4.79 Å². The number of rotatable bonds is 7. The van der Waals surface area contributed by atoms with Crippen LogP contribution in [-0.2, 0) is 6.42 Å². The fourth-order valence-electron chi connectivity index (χ4n) is 2.83. The number of ether oxygens (including phenoxy) is 2. The van der Waals surface area contributed by atoms with Crippen molar-refractivity contribution in [3.63, 3.8) is 0 Å². The van der Waals surface area contributed by atoms with E-state index < -0.39 is 12.2 Å². The van der Waals surface area contributed by atoms with Crippen molar-refractivity contribution in [3.8, 4) is 11.5 Å². The van der Waals surface area contributed by atoms with E-state index in [4.69, 9.17) is 14.6 Å². The topological polar surface area (TPSA) is 88.0 Å². The first-order valence-electron chi connectivity index (χ1n) is 8.24. The molecule has 0 radical (unpaired) electrons. The van der Waals surface area contributed by atoms with Crippen LogP contribution in [0, 0.1) is 0 Å². The number of aliphatic hydroxyl groups is 1. The lowest BCUT2D eigenvalue weighted by Gasteiger charge is -2.15. The molecule has 1 heterocycles. The van der Waals surface area contributed by atoms with Crippen LogP contribution in [0.2, 0.25) is 0 Å². The molecule has 0 aliphatic carbocycles. The van der Waals surface area contributed by atoms with Gasteiger partial charge >= 0.3 is 6.09 Å². The van der Waals surface area contributed by atoms with Crippen molar-refractivity contribution in [3.05, 3.63) is 59.7 Å². The van der Waals surface area contributed by atoms with Crippen LogP contribution in [0.15, 0.2) is 48.5 Å². The molecule has 6 heteroatoms. The van der Waals surface area contributed by atoms with Crippen molar-refractivity contribution in [2.75, 3.05) is 13.2 Å². The summed E-state index contributed by atoms with van der Waals surface area (Å²) in [7, 11) is 0. The number of amides is 1. The lowest BCUT2D eigenvalue weighted by molar-refractivity contribution is 0.146. The summed E-state index contributed by atoms with van der Waals surface area (Å²) in [6.45, 7) is 0.616. The molecular formula is C19H21NO5. The fraction of sp³-hybridized carbons (Fsp3) is 0.316. The van der Waals surface area contributed by atoms with Gasteiger partial charge < -0.3 is 25.0 Å². The van der Waals surface area contributed by atoms with Gasteiger partial charge in [0.1, 0.15) is 24.2 Å². The standard InChI is InChI=1S/C19H21NO5/c21-17(8-9-20-19(22)23)13-5-3-6-15(10-13)24-12-16-11-14-4-1-2-7-18(14)25-16/h1-7,10,16-17,20-21H,8-9,11-12H2,(H,22,23)/t16?,17-/m1/s1. The maximum Gasteiger partial charge on any atom is 0.404 e. The number of aliphatic hydroxyl groups excluding tert-OH is 1. The summed E-state index contributed by atoms with van der Waals surface area (Å²) in [5.74, 6) is 1.56. The fourth-order valence-corrected chi connectivity index (χ4v) is 2.83. The van der Waals surface area contributed by atoms with Gasteiger partial charge in [0.05, 0.1) is 6.10 Å². The highest BCUT2D eigenvalue weighted by atomic mass is 16.5. The van der Waals surface area contributed by atoms with Crippen molar-refractivity contribution in [1.82, 2.24) is 5.32 Å². The van der Waals surface area contributed by atoms with E-state index in [0.717, 1.165) is 12.2 Å². The molecule has 0 saturated heterocycles. The van der Waals surface area contributed by atoms with Crippen molar-refractivity contribution in [2.24, 2.45) is 0 Å². The van der Waals surface area contributed by atoms with Gasteiger partial charge in [0.15, 0.2) is 0 Å². The molecule has 1 unspecified atom stereocenters. The van der Waals surface area contributed by atoms with E-state index in [-0.39, 0.29) is 12.6 Å². The van der Waals surface area contributed by atoms with Crippen molar-refractivity contribution in [1.29, 1.82) is 0 Å². The first-order valence-corrected chi connectivity index (χ1v) is 8.24. The van der Waals surface area contributed by atoms with E-state index in [2.05, 4.69) is 11.4 Å². The number of benzene rings is 2. The highest BCUT2D eigenvalue weighted by Gasteiger charge is 2.22. The molecule has 2 aromatic carbocycles. The van der Waals surface area contributed by atoms with Gasteiger partial charge in [-0.2, -0.15) is 0 Å². The molecule has 25 heavy (non-hydrogen) atoms. The van der Waals surface area contributed by atoms with Crippen LogP contribution in [0.25, 0.3) is 0 Å². The highest BCUT2D eigenvalue weighted by molar-refractivity contribution is 5.64. The average Bonchev–Trinajstić information content (AvgIpc) is 3.03. The Labute approximate surface area is 146 Å². The van der Waals surface area contributed by atoms with E-state index in [1.165, 1.54) is 5.56 Å². The molecule has 132 valence electrons. The summed E-state index contributed by atoms with van der Waals surface area (Å²) in [4.78, 5) is 10.4. The SMILES string of the molecule is O=C(O)NCC[C@@H](O)c1cccc(OCC2Cc3ccccc3O2)c1. The summed E-state index contributed by atoms with van der Waals surface area (Å²) >= 11 is 0. The second-order valence-corrected chi connectivity index (χ2v) is 5.97. The molecule has 6 nitrogen and oxygen atoms in total. The van der Waals surface area contributed by atoms with E-state index in [0.29, 0.717) is 24.3 Å². The Morgan fingerprint density at radius 2 is 2.12 bits per heavy atom. The lowest BCUT2D eigenvalue weighted by Crippen LogP contribution is -2.23. The monoisotopic (exact) mass is 343 g/mol. The largest absolute Gasteiger partial charge is 0.490 e. The Hall–Kier alpha value is -2.73. The van der Waals surface area contributed by atoms with Gasteiger partial charge in [0, 0.05) is 13.0 Å². The molecule has 3 N–H and O–H groups in total. The molecule has 1 aliphatic heterocycles. The molecule has 2 aromatic rings.